The minimum absolute atomic E-state index is 0.123. The Bertz CT molecular complexity index is 1490. The van der Waals surface area contributed by atoms with Crippen molar-refractivity contribution in [1.82, 2.24) is 0 Å². The van der Waals surface area contributed by atoms with E-state index in [4.69, 9.17) is 25.7 Å². The average Bonchev–Trinajstić information content (AvgIpc) is 3.22. The van der Waals surface area contributed by atoms with Crippen LogP contribution in [0.3, 0.4) is 0 Å². The van der Waals surface area contributed by atoms with Gasteiger partial charge in [0.2, 0.25) is 5.55 Å². The molecule has 5 rings (SSSR count). The average molecular weight is 507 g/mol. The summed E-state index contributed by atoms with van der Waals surface area (Å²) in [7, 11) is 0. The summed E-state index contributed by atoms with van der Waals surface area (Å²) >= 11 is 7.64. The topological polar surface area (TPSA) is 80.9 Å². The predicted molar refractivity (Wildman–Crippen MR) is 138 cm³/mol. The minimum atomic E-state index is -0.395. The lowest BCUT2D eigenvalue weighted by Gasteiger charge is -2.11. The van der Waals surface area contributed by atoms with Crippen LogP contribution in [-0.4, -0.2) is 18.5 Å². The van der Waals surface area contributed by atoms with Crippen LogP contribution in [0.25, 0.3) is 11.0 Å². The number of anilines is 1. The zero-order valence-electron chi connectivity index (χ0n) is 19.1. The molecule has 0 bridgehead atoms. The molecule has 35 heavy (non-hydrogen) atoms. The monoisotopic (exact) mass is 506 g/mol. The lowest BCUT2D eigenvalue weighted by molar-refractivity contribution is 0.0526. The quantitative estimate of drug-likeness (QED) is 0.306. The summed E-state index contributed by atoms with van der Waals surface area (Å²) in [4.78, 5) is 32.1. The fraction of sp³-hybridized carbons (Fsp3) is 0.222. The van der Waals surface area contributed by atoms with E-state index in [1.165, 1.54) is 11.3 Å². The highest BCUT2D eigenvalue weighted by molar-refractivity contribution is 7.16. The van der Waals surface area contributed by atoms with E-state index in [-0.39, 0.29) is 23.6 Å². The molecule has 6 nitrogen and oxygen atoms in total. The van der Waals surface area contributed by atoms with Gasteiger partial charge in [0, 0.05) is 21.0 Å². The van der Waals surface area contributed by atoms with Gasteiger partial charge in [0.1, 0.15) is 16.1 Å². The molecule has 1 aliphatic carbocycles. The molecule has 0 fully saturated rings. The van der Waals surface area contributed by atoms with Gasteiger partial charge < -0.3 is 14.5 Å². The molecule has 4 aromatic rings. The Balaban J connectivity index is 1.69. The molecule has 2 aromatic heterocycles. The molecule has 0 saturated heterocycles. The number of hydrogen-bond donors (Lipinski definition) is 1. The van der Waals surface area contributed by atoms with Crippen LogP contribution in [0.15, 0.2) is 64.0 Å². The number of nitrogens with zero attached hydrogens (tertiary/aromatic N) is 1. The number of fused-ring (bicyclic) bond motifs is 2. The van der Waals surface area contributed by atoms with Crippen LogP contribution in [0.4, 0.5) is 10.7 Å². The van der Waals surface area contributed by atoms with E-state index in [9.17, 15) is 9.59 Å². The summed E-state index contributed by atoms with van der Waals surface area (Å²) in [6.07, 6.45) is 3.79. The highest BCUT2D eigenvalue weighted by Crippen LogP contribution is 2.40. The predicted octanol–water partition coefficient (Wildman–Crippen LogP) is 6.69. The molecule has 0 spiro atoms. The number of carbonyl (C=O) groups excluding carboxylic acids is 2. The van der Waals surface area contributed by atoms with Crippen LogP contribution in [0.1, 0.15) is 50.9 Å². The fourth-order valence-electron chi connectivity index (χ4n) is 4.20. The third-order valence-electron chi connectivity index (χ3n) is 5.82. The first-order valence-corrected chi connectivity index (χ1v) is 12.7. The van der Waals surface area contributed by atoms with Gasteiger partial charge in [-0.2, -0.15) is 0 Å². The first kappa shape index (κ1) is 23.3. The number of para-hydroxylation sites is 1. The number of benzene rings is 2. The molecule has 1 N–H and O–H groups in total. The van der Waals surface area contributed by atoms with Crippen LogP contribution >= 0.6 is 22.9 Å². The van der Waals surface area contributed by atoms with Crippen molar-refractivity contribution in [3.8, 4) is 0 Å². The number of rotatable bonds is 5. The lowest BCUT2D eigenvalue weighted by Crippen LogP contribution is -2.21. The summed E-state index contributed by atoms with van der Waals surface area (Å²) in [6.45, 7) is 2.05. The Labute approximate surface area is 211 Å². The van der Waals surface area contributed by atoms with E-state index in [0.29, 0.717) is 32.2 Å². The SMILES string of the molecule is CCOC(=O)c1c(N=c2oc3ccc(Cl)cc3cc2C(=O)Nc2ccccc2)sc2c1CCCC2. The number of hydrogen-bond acceptors (Lipinski definition) is 6. The second-order valence-electron chi connectivity index (χ2n) is 8.19. The largest absolute Gasteiger partial charge is 0.462 e. The molecule has 8 heteroatoms. The maximum atomic E-state index is 13.3. The van der Waals surface area contributed by atoms with Crippen LogP contribution in [0.5, 0.6) is 0 Å². The van der Waals surface area contributed by atoms with Crippen molar-refractivity contribution in [3.05, 3.63) is 86.7 Å². The summed E-state index contributed by atoms with van der Waals surface area (Å²) in [6, 6.07) is 16.1. The van der Waals surface area contributed by atoms with Crippen molar-refractivity contribution in [3.63, 3.8) is 0 Å². The number of esters is 1. The number of amides is 1. The molecule has 2 heterocycles. The van der Waals surface area contributed by atoms with Crippen molar-refractivity contribution in [2.24, 2.45) is 4.99 Å². The maximum Gasteiger partial charge on any atom is 0.341 e. The summed E-state index contributed by atoms with van der Waals surface area (Å²) < 4.78 is 11.5. The van der Waals surface area contributed by atoms with E-state index in [1.54, 1.807) is 43.3 Å². The second-order valence-corrected chi connectivity index (χ2v) is 9.71. The zero-order chi connectivity index (χ0) is 24.4. The molecule has 0 aliphatic heterocycles. The molecular formula is C27H23ClN2O4S. The Morgan fingerprint density at radius 2 is 1.91 bits per heavy atom. The lowest BCUT2D eigenvalue weighted by atomic mass is 9.95. The normalized spacial score (nSPS) is 13.5. The summed E-state index contributed by atoms with van der Waals surface area (Å²) in [5.74, 6) is -0.770. The van der Waals surface area contributed by atoms with E-state index in [2.05, 4.69) is 5.32 Å². The zero-order valence-corrected chi connectivity index (χ0v) is 20.7. The van der Waals surface area contributed by atoms with E-state index in [0.717, 1.165) is 36.1 Å². The van der Waals surface area contributed by atoms with Gasteiger partial charge in [0.05, 0.1) is 12.2 Å². The van der Waals surface area contributed by atoms with Gasteiger partial charge in [-0.3, -0.25) is 4.79 Å². The highest BCUT2D eigenvalue weighted by atomic mass is 35.5. The van der Waals surface area contributed by atoms with Gasteiger partial charge in [0.15, 0.2) is 0 Å². The van der Waals surface area contributed by atoms with Crippen LogP contribution in [0.2, 0.25) is 5.02 Å². The molecular weight excluding hydrogens is 484 g/mol. The minimum Gasteiger partial charge on any atom is -0.462 e. The number of ether oxygens (including phenoxy) is 1. The van der Waals surface area contributed by atoms with Crippen molar-refractivity contribution in [2.45, 2.75) is 32.6 Å². The van der Waals surface area contributed by atoms with Gasteiger partial charge in [0.25, 0.3) is 5.91 Å². The number of aryl methyl sites for hydroxylation is 1. The van der Waals surface area contributed by atoms with E-state index in [1.807, 2.05) is 18.2 Å². The van der Waals surface area contributed by atoms with Gasteiger partial charge >= 0.3 is 5.97 Å². The Hall–Kier alpha value is -3.42. The number of carbonyl (C=O) groups is 2. The number of nitrogens with one attached hydrogen (secondary N) is 1. The number of halogens is 1. The van der Waals surface area contributed by atoms with E-state index < -0.39 is 5.97 Å². The van der Waals surface area contributed by atoms with Gasteiger partial charge in [-0.1, -0.05) is 29.8 Å². The molecule has 2 aromatic carbocycles. The summed E-state index contributed by atoms with van der Waals surface area (Å²) in [5, 5.41) is 4.59. The third kappa shape index (κ3) is 4.88. The standard InChI is InChI=1S/C27H23ClN2O4S/c1-2-33-27(32)23-19-10-6-7-11-22(19)35-26(23)30-25-20(24(31)29-18-8-4-3-5-9-18)15-16-14-17(28)12-13-21(16)34-25/h3-5,8-9,12-15H,2,6-7,10-11H2,1H3,(H,29,31). The first-order chi connectivity index (χ1) is 17.0. The Kier molecular flexibility index (Phi) is 6.70. The van der Waals surface area contributed by atoms with Crippen LogP contribution in [0, 0.1) is 0 Å². The van der Waals surface area contributed by atoms with Crippen LogP contribution in [-0.2, 0) is 17.6 Å². The van der Waals surface area contributed by atoms with Crippen molar-refractivity contribution in [1.29, 1.82) is 0 Å². The molecule has 0 atom stereocenters. The number of thiophene rings is 1. The van der Waals surface area contributed by atoms with Crippen molar-refractivity contribution >= 4 is 56.5 Å². The molecule has 178 valence electrons. The Morgan fingerprint density at radius 1 is 1.11 bits per heavy atom. The highest BCUT2D eigenvalue weighted by Gasteiger charge is 2.27. The third-order valence-corrected chi connectivity index (χ3v) is 7.24. The molecule has 1 amide bonds. The molecule has 0 unspecified atom stereocenters. The molecule has 0 saturated carbocycles. The van der Waals surface area contributed by atoms with Gasteiger partial charge in [-0.15, -0.1) is 11.3 Å². The van der Waals surface area contributed by atoms with Gasteiger partial charge in [-0.25, -0.2) is 9.79 Å². The summed E-state index contributed by atoms with van der Waals surface area (Å²) in [5.41, 5.74) is 3.02. The second kappa shape index (κ2) is 10.1. The van der Waals surface area contributed by atoms with Crippen LogP contribution < -0.4 is 10.9 Å². The molecule has 1 aliphatic rings. The van der Waals surface area contributed by atoms with E-state index >= 15 is 0 Å². The fourth-order valence-corrected chi connectivity index (χ4v) is 5.63. The molecule has 0 radical (unpaired) electrons. The maximum absolute atomic E-state index is 13.3. The van der Waals surface area contributed by atoms with Crippen molar-refractivity contribution in [2.75, 3.05) is 11.9 Å². The first-order valence-electron chi connectivity index (χ1n) is 11.5. The smallest absolute Gasteiger partial charge is 0.341 e. The van der Waals surface area contributed by atoms with Crippen molar-refractivity contribution < 1.29 is 18.7 Å². The van der Waals surface area contributed by atoms with Gasteiger partial charge in [-0.05, 0) is 74.6 Å². The Morgan fingerprint density at radius 3 is 2.71 bits per heavy atom.